The van der Waals surface area contributed by atoms with Gasteiger partial charge in [-0.05, 0) is 18.1 Å². The van der Waals surface area contributed by atoms with Crippen LogP contribution in [0, 0.1) is 11.3 Å². The third kappa shape index (κ3) is 3.15. The van der Waals surface area contributed by atoms with Gasteiger partial charge in [-0.15, -0.1) is 0 Å². The van der Waals surface area contributed by atoms with E-state index in [0.717, 1.165) is 12.1 Å². The maximum absolute atomic E-state index is 12.7. The lowest BCUT2D eigenvalue weighted by Gasteiger charge is -2.18. The van der Waals surface area contributed by atoms with Crippen LogP contribution in [-0.4, -0.2) is 0 Å². The molecule has 18 heavy (non-hydrogen) atoms. The summed E-state index contributed by atoms with van der Waals surface area (Å²) in [6.07, 6.45) is -10.8. The zero-order chi connectivity index (χ0) is 14.0. The molecule has 0 bridgehead atoms. The predicted octanol–water partition coefficient (Wildman–Crippen LogP) is 4.18. The average molecular weight is 267 g/mol. The standard InChI is InChI=1S/C11H7F6N/c12-10(13,14)8-5-1-3-7(4-2-6-18)9(8)11(15,16)17/h1,3,5H,2,4H2. The highest BCUT2D eigenvalue weighted by Gasteiger charge is 2.44. The van der Waals surface area contributed by atoms with Crippen LogP contribution in [0.3, 0.4) is 0 Å². The molecule has 0 atom stereocenters. The lowest BCUT2D eigenvalue weighted by molar-refractivity contribution is -0.162. The quantitative estimate of drug-likeness (QED) is 0.737. The van der Waals surface area contributed by atoms with Crippen LogP contribution < -0.4 is 0 Å². The molecule has 1 nitrogen and oxygen atoms in total. The van der Waals surface area contributed by atoms with E-state index in [1.807, 2.05) is 0 Å². The van der Waals surface area contributed by atoms with Gasteiger partial charge in [0.1, 0.15) is 0 Å². The van der Waals surface area contributed by atoms with Crippen molar-refractivity contribution >= 4 is 0 Å². The Morgan fingerprint density at radius 2 is 1.61 bits per heavy atom. The van der Waals surface area contributed by atoms with Gasteiger partial charge in [0.05, 0.1) is 17.2 Å². The van der Waals surface area contributed by atoms with Crippen LogP contribution in [0.2, 0.25) is 0 Å². The zero-order valence-electron chi connectivity index (χ0n) is 8.86. The first kappa shape index (κ1) is 14.4. The first-order valence-corrected chi connectivity index (χ1v) is 4.81. The first-order valence-electron chi connectivity index (χ1n) is 4.81. The molecule has 7 heteroatoms. The van der Waals surface area contributed by atoms with Crippen molar-refractivity contribution < 1.29 is 26.3 Å². The van der Waals surface area contributed by atoms with Crippen LogP contribution in [0.5, 0.6) is 0 Å². The Kier molecular flexibility index (Phi) is 3.89. The summed E-state index contributed by atoms with van der Waals surface area (Å²) in [4.78, 5) is 0. The minimum Gasteiger partial charge on any atom is -0.198 e. The van der Waals surface area contributed by atoms with E-state index in [0.29, 0.717) is 6.07 Å². The summed E-state index contributed by atoms with van der Waals surface area (Å²) in [6.45, 7) is 0. The van der Waals surface area contributed by atoms with Crippen LogP contribution in [0.15, 0.2) is 18.2 Å². The number of hydrogen-bond donors (Lipinski definition) is 0. The maximum atomic E-state index is 12.7. The molecule has 0 fully saturated rings. The van der Waals surface area contributed by atoms with Crippen LogP contribution in [-0.2, 0) is 18.8 Å². The molecule has 0 radical (unpaired) electrons. The Morgan fingerprint density at radius 1 is 1.00 bits per heavy atom. The van der Waals surface area contributed by atoms with E-state index in [2.05, 4.69) is 0 Å². The molecule has 0 amide bonds. The summed E-state index contributed by atoms with van der Waals surface area (Å²) in [6, 6.07) is 3.85. The second kappa shape index (κ2) is 4.88. The molecule has 1 rings (SSSR count). The summed E-state index contributed by atoms with van der Waals surface area (Å²) < 4.78 is 75.6. The van der Waals surface area contributed by atoms with E-state index in [1.54, 1.807) is 6.07 Å². The number of benzene rings is 1. The second-order valence-corrected chi connectivity index (χ2v) is 3.49. The molecule has 98 valence electrons. The molecule has 0 saturated carbocycles. The van der Waals surface area contributed by atoms with Crippen molar-refractivity contribution in [2.75, 3.05) is 0 Å². The van der Waals surface area contributed by atoms with Gasteiger partial charge in [-0.3, -0.25) is 0 Å². The number of hydrogen-bond acceptors (Lipinski definition) is 1. The van der Waals surface area contributed by atoms with Gasteiger partial charge in [-0.1, -0.05) is 12.1 Å². The zero-order valence-corrected chi connectivity index (χ0v) is 8.86. The SMILES string of the molecule is N#CCCc1cccc(C(F)(F)F)c1C(F)(F)F. The van der Waals surface area contributed by atoms with Gasteiger partial charge in [-0.25, -0.2) is 0 Å². The Morgan fingerprint density at radius 3 is 2.06 bits per heavy atom. The Balaban J connectivity index is 3.42. The normalized spacial score (nSPS) is 12.3. The smallest absolute Gasteiger partial charge is 0.198 e. The highest BCUT2D eigenvalue weighted by molar-refractivity contribution is 5.39. The summed E-state index contributed by atoms with van der Waals surface area (Å²) >= 11 is 0. The molecule has 0 aliphatic heterocycles. The van der Waals surface area contributed by atoms with E-state index in [-0.39, 0.29) is 12.8 Å². The lowest BCUT2D eigenvalue weighted by atomic mass is 9.97. The van der Waals surface area contributed by atoms with E-state index in [1.165, 1.54) is 0 Å². The molecule has 0 aliphatic carbocycles. The van der Waals surface area contributed by atoms with Crippen molar-refractivity contribution in [3.8, 4) is 6.07 Å². The van der Waals surface area contributed by atoms with Crippen molar-refractivity contribution in [1.29, 1.82) is 5.26 Å². The van der Waals surface area contributed by atoms with Crippen molar-refractivity contribution in [3.05, 3.63) is 34.9 Å². The van der Waals surface area contributed by atoms with Gasteiger partial charge >= 0.3 is 12.4 Å². The summed E-state index contributed by atoms with van der Waals surface area (Å²) in [7, 11) is 0. The third-order valence-corrected chi connectivity index (χ3v) is 2.25. The topological polar surface area (TPSA) is 23.8 Å². The predicted molar refractivity (Wildman–Crippen MR) is 50.4 cm³/mol. The third-order valence-electron chi connectivity index (χ3n) is 2.25. The first-order chi connectivity index (χ1) is 8.18. The molecule has 0 N–H and O–H groups in total. The molecule has 1 aromatic rings. The van der Waals surface area contributed by atoms with Crippen LogP contribution in [0.25, 0.3) is 0 Å². The molecule has 0 spiro atoms. The monoisotopic (exact) mass is 267 g/mol. The molecular formula is C11H7F6N. The van der Waals surface area contributed by atoms with Crippen LogP contribution in [0.1, 0.15) is 23.1 Å². The molecule has 0 aliphatic rings. The number of alkyl halides is 6. The van der Waals surface area contributed by atoms with Gasteiger partial charge < -0.3 is 0 Å². The van der Waals surface area contributed by atoms with Gasteiger partial charge in [0, 0.05) is 6.42 Å². The number of rotatable bonds is 2. The van der Waals surface area contributed by atoms with Gasteiger partial charge in [0.15, 0.2) is 0 Å². The Labute approximate surface area is 98.6 Å². The number of aryl methyl sites for hydroxylation is 1. The fraction of sp³-hybridized carbons (Fsp3) is 0.364. The number of nitrogens with zero attached hydrogens (tertiary/aromatic N) is 1. The number of halogens is 6. The van der Waals surface area contributed by atoms with E-state index in [9.17, 15) is 26.3 Å². The van der Waals surface area contributed by atoms with Crippen molar-refractivity contribution in [2.45, 2.75) is 25.2 Å². The summed E-state index contributed by atoms with van der Waals surface area (Å²) in [5.74, 6) is 0. The second-order valence-electron chi connectivity index (χ2n) is 3.49. The van der Waals surface area contributed by atoms with Crippen LogP contribution >= 0.6 is 0 Å². The fourth-order valence-electron chi connectivity index (χ4n) is 1.57. The molecule has 0 aromatic heterocycles. The molecule has 0 unspecified atom stereocenters. The Bertz CT molecular complexity index is 466. The molecule has 0 heterocycles. The van der Waals surface area contributed by atoms with E-state index < -0.39 is 29.0 Å². The fourth-order valence-corrected chi connectivity index (χ4v) is 1.57. The summed E-state index contributed by atoms with van der Waals surface area (Å²) in [5.41, 5.74) is -3.93. The minimum absolute atomic E-state index is 0.273. The average Bonchev–Trinajstić information content (AvgIpc) is 2.23. The van der Waals surface area contributed by atoms with E-state index in [4.69, 9.17) is 5.26 Å². The van der Waals surface area contributed by atoms with Crippen molar-refractivity contribution in [2.24, 2.45) is 0 Å². The molecular weight excluding hydrogens is 260 g/mol. The van der Waals surface area contributed by atoms with E-state index >= 15 is 0 Å². The van der Waals surface area contributed by atoms with Crippen molar-refractivity contribution in [3.63, 3.8) is 0 Å². The Hall–Kier alpha value is -1.71. The maximum Gasteiger partial charge on any atom is 0.417 e. The van der Waals surface area contributed by atoms with Crippen molar-refractivity contribution in [1.82, 2.24) is 0 Å². The highest BCUT2D eigenvalue weighted by Crippen LogP contribution is 2.42. The lowest BCUT2D eigenvalue weighted by Crippen LogP contribution is -2.19. The van der Waals surface area contributed by atoms with Gasteiger partial charge in [0.2, 0.25) is 0 Å². The highest BCUT2D eigenvalue weighted by atomic mass is 19.4. The van der Waals surface area contributed by atoms with Gasteiger partial charge in [0.25, 0.3) is 0 Å². The molecule has 1 aromatic carbocycles. The van der Waals surface area contributed by atoms with Gasteiger partial charge in [-0.2, -0.15) is 31.6 Å². The molecule has 0 saturated heterocycles. The van der Waals surface area contributed by atoms with Crippen LogP contribution in [0.4, 0.5) is 26.3 Å². The largest absolute Gasteiger partial charge is 0.417 e. The number of nitriles is 1. The summed E-state index contributed by atoms with van der Waals surface area (Å²) in [5, 5.41) is 8.30. The minimum atomic E-state index is -5.10.